The van der Waals surface area contributed by atoms with Crippen LogP contribution in [0.4, 0.5) is 13.2 Å². The molecule has 82 valence electrons. The van der Waals surface area contributed by atoms with Crippen molar-refractivity contribution in [1.29, 1.82) is 0 Å². The number of aliphatic hydroxyl groups excluding tert-OH is 1. The molecule has 6 nitrogen and oxygen atoms in total. The minimum absolute atomic E-state index is 0.423. The lowest BCUT2D eigenvalue weighted by Gasteiger charge is -2.11. The first-order valence-electron chi connectivity index (χ1n) is 3.38. The molecule has 0 bridgehead atoms. The van der Waals surface area contributed by atoms with E-state index in [4.69, 9.17) is 22.3 Å². The standard InChI is InChI=1S/C5H10F3N5O/c6-5(7,8)2(14)1-12-4(11)13-3(9)10/h2,14H,1H2,(H6,9,10,11,12,13). The van der Waals surface area contributed by atoms with Crippen LogP contribution < -0.4 is 17.2 Å². The van der Waals surface area contributed by atoms with Crippen molar-refractivity contribution >= 4 is 11.9 Å². The van der Waals surface area contributed by atoms with E-state index in [9.17, 15) is 13.2 Å². The fourth-order valence-electron chi connectivity index (χ4n) is 0.451. The van der Waals surface area contributed by atoms with Crippen molar-refractivity contribution in [3.05, 3.63) is 0 Å². The van der Waals surface area contributed by atoms with Gasteiger partial charge in [0, 0.05) is 0 Å². The molecular formula is C5H10F3N5O. The number of aliphatic hydroxyl groups is 1. The molecule has 0 aliphatic heterocycles. The Morgan fingerprint density at radius 1 is 1.29 bits per heavy atom. The summed E-state index contributed by atoms with van der Waals surface area (Å²) in [5, 5.41) is 8.47. The largest absolute Gasteiger partial charge is 0.416 e. The number of nitrogens with two attached hydrogens (primary N) is 3. The van der Waals surface area contributed by atoms with Crippen molar-refractivity contribution < 1.29 is 18.3 Å². The first kappa shape index (κ1) is 12.5. The van der Waals surface area contributed by atoms with Gasteiger partial charge in [0.05, 0.1) is 6.54 Å². The van der Waals surface area contributed by atoms with E-state index in [0.29, 0.717) is 0 Å². The number of halogens is 3. The van der Waals surface area contributed by atoms with Crippen LogP contribution in [0.1, 0.15) is 0 Å². The third kappa shape index (κ3) is 5.19. The maximum atomic E-state index is 11.7. The Bertz CT molecular complexity index is 244. The van der Waals surface area contributed by atoms with E-state index in [-0.39, 0.29) is 0 Å². The minimum atomic E-state index is -4.73. The maximum absolute atomic E-state index is 11.7. The Balaban J connectivity index is 4.23. The highest BCUT2D eigenvalue weighted by Gasteiger charge is 2.37. The molecule has 9 heteroatoms. The van der Waals surface area contributed by atoms with Gasteiger partial charge < -0.3 is 22.3 Å². The van der Waals surface area contributed by atoms with E-state index in [0.717, 1.165) is 0 Å². The molecular weight excluding hydrogens is 203 g/mol. The normalized spacial score (nSPS) is 15.0. The van der Waals surface area contributed by atoms with Crippen LogP contribution in [0.5, 0.6) is 0 Å². The van der Waals surface area contributed by atoms with Gasteiger partial charge in [0.1, 0.15) is 0 Å². The van der Waals surface area contributed by atoms with Gasteiger partial charge in [-0.2, -0.15) is 18.2 Å². The second-order valence-corrected chi connectivity index (χ2v) is 2.29. The van der Waals surface area contributed by atoms with Gasteiger partial charge in [-0.1, -0.05) is 0 Å². The van der Waals surface area contributed by atoms with Gasteiger partial charge in [0.25, 0.3) is 0 Å². The van der Waals surface area contributed by atoms with E-state index in [2.05, 4.69) is 9.98 Å². The predicted molar refractivity (Wildman–Crippen MR) is 44.4 cm³/mol. The molecule has 0 fully saturated rings. The molecule has 0 amide bonds. The lowest BCUT2D eigenvalue weighted by Crippen LogP contribution is -2.32. The molecule has 0 aliphatic rings. The summed E-state index contributed by atoms with van der Waals surface area (Å²) >= 11 is 0. The molecule has 0 aromatic heterocycles. The SMILES string of the molecule is NC(N)=NC(N)=NCC(O)C(F)(F)F. The zero-order valence-corrected chi connectivity index (χ0v) is 6.99. The topological polar surface area (TPSA) is 123 Å². The Morgan fingerprint density at radius 3 is 2.14 bits per heavy atom. The molecule has 1 atom stereocenters. The molecule has 0 radical (unpaired) electrons. The molecule has 0 aromatic rings. The van der Waals surface area contributed by atoms with Gasteiger partial charge in [-0.05, 0) is 0 Å². The third-order valence-electron chi connectivity index (χ3n) is 1.05. The number of rotatable bonds is 2. The van der Waals surface area contributed by atoms with Crippen LogP contribution in [0, 0.1) is 0 Å². The second-order valence-electron chi connectivity index (χ2n) is 2.29. The van der Waals surface area contributed by atoms with Gasteiger partial charge in [0.15, 0.2) is 12.1 Å². The monoisotopic (exact) mass is 213 g/mol. The number of hydrogen-bond donors (Lipinski definition) is 4. The zero-order chi connectivity index (χ0) is 11.4. The minimum Gasteiger partial charge on any atom is -0.382 e. The van der Waals surface area contributed by atoms with Gasteiger partial charge in [0.2, 0.25) is 5.96 Å². The summed E-state index contributed by atoms with van der Waals surface area (Å²) < 4.78 is 35.2. The molecule has 0 aliphatic carbocycles. The Kier molecular flexibility index (Phi) is 4.15. The van der Waals surface area contributed by atoms with E-state index in [1.165, 1.54) is 0 Å². The van der Waals surface area contributed by atoms with Crippen molar-refractivity contribution in [2.75, 3.05) is 6.54 Å². The summed E-state index contributed by atoms with van der Waals surface area (Å²) in [5.74, 6) is -0.943. The molecule has 0 saturated heterocycles. The number of alkyl halides is 3. The maximum Gasteiger partial charge on any atom is 0.416 e. The predicted octanol–water partition coefficient (Wildman–Crippen LogP) is -1.50. The average Bonchev–Trinajstić information content (AvgIpc) is 1.96. The van der Waals surface area contributed by atoms with Gasteiger partial charge in [-0.15, -0.1) is 0 Å². The van der Waals surface area contributed by atoms with Gasteiger partial charge >= 0.3 is 6.18 Å². The van der Waals surface area contributed by atoms with Crippen molar-refractivity contribution in [3.63, 3.8) is 0 Å². The van der Waals surface area contributed by atoms with Crippen LogP contribution in [0.2, 0.25) is 0 Å². The fourth-order valence-corrected chi connectivity index (χ4v) is 0.451. The van der Waals surface area contributed by atoms with Crippen molar-refractivity contribution in [2.45, 2.75) is 12.3 Å². The molecule has 1 unspecified atom stereocenters. The highest BCUT2D eigenvalue weighted by molar-refractivity contribution is 5.92. The first-order valence-corrected chi connectivity index (χ1v) is 3.38. The first-order chi connectivity index (χ1) is 6.23. The van der Waals surface area contributed by atoms with Crippen LogP contribution in [0.3, 0.4) is 0 Å². The van der Waals surface area contributed by atoms with Crippen molar-refractivity contribution in [3.8, 4) is 0 Å². The molecule has 0 rings (SSSR count). The quantitative estimate of drug-likeness (QED) is 0.329. The molecule has 0 spiro atoms. The second kappa shape index (κ2) is 4.65. The zero-order valence-electron chi connectivity index (χ0n) is 6.99. The van der Waals surface area contributed by atoms with Gasteiger partial charge in [-0.25, -0.2) is 4.99 Å². The number of hydrogen-bond acceptors (Lipinski definition) is 2. The Hall–Kier alpha value is -1.51. The molecule has 0 saturated carbocycles. The Labute approximate surface area is 77.3 Å². The lowest BCUT2D eigenvalue weighted by atomic mass is 10.3. The highest BCUT2D eigenvalue weighted by Crippen LogP contribution is 2.19. The van der Waals surface area contributed by atoms with E-state index in [1.807, 2.05) is 0 Å². The fraction of sp³-hybridized carbons (Fsp3) is 0.600. The number of nitrogens with zero attached hydrogens (tertiary/aromatic N) is 2. The molecule has 0 heterocycles. The summed E-state index contributed by atoms with van der Waals surface area (Å²) in [6, 6.07) is 0. The lowest BCUT2D eigenvalue weighted by molar-refractivity contribution is -0.199. The van der Waals surface area contributed by atoms with E-state index < -0.39 is 30.7 Å². The van der Waals surface area contributed by atoms with Crippen LogP contribution >= 0.6 is 0 Å². The summed E-state index contributed by atoms with van der Waals surface area (Å²) in [6.07, 6.45) is -7.31. The molecule has 7 N–H and O–H groups in total. The highest BCUT2D eigenvalue weighted by atomic mass is 19.4. The van der Waals surface area contributed by atoms with Crippen molar-refractivity contribution in [1.82, 2.24) is 0 Å². The number of guanidine groups is 2. The third-order valence-corrected chi connectivity index (χ3v) is 1.05. The van der Waals surface area contributed by atoms with Crippen LogP contribution in [0.25, 0.3) is 0 Å². The average molecular weight is 213 g/mol. The molecule has 0 aromatic carbocycles. The smallest absolute Gasteiger partial charge is 0.382 e. The number of aliphatic imine (C=N–C) groups is 2. The molecule has 14 heavy (non-hydrogen) atoms. The summed E-state index contributed by atoms with van der Waals surface area (Å²) in [5.41, 5.74) is 14.7. The summed E-state index contributed by atoms with van der Waals surface area (Å²) in [7, 11) is 0. The van der Waals surface area contributed by atoms with Crippen LogP contribution in [-0.2, 0) is 0 Å². The van der Waals surface area contributed by atoms with Crippen LogP contribution in [-0.4, -0.2) is 35.9 Å². The van der Waals surface area contributed by atoms with Crippen molar-refractivity contribution in [2.24, 2.45) is 27.2 Å². The summed E-state index contributed by atoms with van der Waals surface area (Å²) in [4.78, 5) is 6.26. The van der Waals surface area contributed by atoms with E-state index >= 15 is 0 Å². The van der Waals surface area contributed by atoms with Gasteiger partial charge in [-0.3, -0.25) is 0 Å². The summed E-state index contributed by atoms with van der Waals surface area (Å²) in [6.45, 7) is -0.938. The Morgan fingerprint density at radius 2 is 1.79 bits per heavy atom. The van der Waals surface area contributed by atoms with Crippen LogP contribution in [0.15, 0.2) is 9.98 Å². The van der Waals surface area contributed by atoms with E-state index in [1.54, 1.807) is 0 Å².